The van der Waals surface area contributed by atoms with E-state index in [0.717, 1.165) is 21.2 Å². The predicted molar refractivity (Wildman–Crippen MR) is 105 cm³/mol. The number of halogens is 2. The topological polar surface area (TPSA) is 67.8 Å². The van der Waals surface area contributed by atoms with Crippen LogP contribution in [-0.4, -0.2) is 30.1 Å². The lowest BCUT2D eigenvalue weighted by atomic mass is 9.93. The standard InChI is InChI=1S/C19H23BrClNO4/c1-11(2)14-6-12(4-5-18(14)23)7-15-16(20)8-13(9-17(15)21)26-10-19(24)22-25-3/h4-6,8,11,17,23H,7,9-10H2,1-3H3,(H,22,24). The van der Waals surface area contributed by atoms with Crippen LogP contribution in [0, 0.1) is 0 Å². The molecule has 0 fully saturated rings. The molecule has 1 aromatic rings. The highest BCUT2D eigenvalue weighted by molar-refractivity contribution is 9.11. The van der Waals surface area contributed by atoms with E-state index in [0.29, 0.717) is 24.4 Å². The summed E-state index contributed by atoms with van der Waals surface area (Å²) < 4.78 is 6.34. The summed E-state index contributed by atoms with van der Waals surface area (Å²) in [4.78, 5) is 15.9. The van der Waals surface area contributed by atoms with Crippen molar-refractivity contribution >= 4 is 33.4 Å². The number of allylic oxidation sites excluding steroid dienone is 4. The Morgan fingerprint density at radius 3 is 2.81 bits per heavy atom. The van der Waals surface area contributed by atoms with Gasteiger partial charge in [0.25, 0.3) is 5.91 Å². The first-order chi connectivity index (χ1) is 12.3. The molecule has 1 aliphatic carbocycles. The van der Waals surface area contributed by atoms with Gasteiger partial charge in [-0.05, 0) is 41.2 Å². The molecule has 7 heteroatoms. The second kappa shape index (κ2) is 9.44. The quantitative estimate of drug-likeness (QED) is 0.486. The summed E-state index contributed by atoms with van der Waals surface area (Å²) in [6.07, 6.45) is 3.02. The lowest BCUT2D eigenvalue weighted by molar-refractivity contribution is -0.134. The van der Waals surface area contributed by atoms with E-state index in [1.807, 2.05) is 32.1 Å². The lowest BCUT2D eigenvalue weighted by Gasteiger charge is -2.23. The number of phenolic OH excluding ortho intramolecular Hbond substituents is 1. The molecule has 26 heavy (non-hydrogen) atoms. The van der Waals surface area contributed by atoms with E-state index < -0.39 is 0 Å². The number of carbonyl (C=O) groups is 1. The average Bonchev–Trinajstić information content (AvgIpc) is 2.57. The van der Waals surface area contributed by atoms with Gasteiger partial charge in [0, 0.05) is 10.9 Å². The van der Waals surface area contributed by atoms with Crippen LogP contribution in [0.25, 0.3) is 0 Å². The highest BCUT2D eigenvalue weighted by Gasteiger charge is 2.23. The Kier molecular flexibility index (Phi) is 7.55. The lowest BCUT2D eigenvalue weighted by Crippen LogP contribution is -2.27. The SMILES string of the molecule is CONC(=O)COC1=CC(Br)=C(Cc2ccc(O)c(C(C)C)c2)C(Cl)C1. The molecule has 0 spiro atoms. The third kappa shape index (κ3) is 5.50. The number of amides is 1. The molecule has 1 amide bonds. The molecular formula is C19H23BrClNO4. The van der Waals surface area contributed by atoms with Crippen LogP contribution in [0.1, 0.15) is 37.3 Å². The summed E-state index contributed by atoms with van der Waals surface area (Å²) in [6, 6.07) is 5.65. The molecule has 0 aromatic heterocycles. The number of hydrogen-bond acceptors (Lipinski definition) is 4. The van der Waals surface area contributed by atoms with Crippen molar-refractivity contribution in [3.63, 3.8) is 0 Å². The van der Waals surface area contributed by atoms with Gasteiger partial charge in [-0.2, -0.15) is 0 Å². The number of hydroxylamine groups is 1. The number of alkyl halides is 1. The molecule has 1 atom stereocenters. The van der Waals surface area contributed by atoms with Crippen molar-refractivity contribution < 1.29 is 19.5 Å². The first-order valence-electron chi connectivity index (χ1n) is 8.31. The minimum Gasteiger partial charge on any atom is -0.508 e. The summed E-state index contributed by atoms with van der Waals surface area (Å²) in [5.41, 5.74) is 5.25. The van der Waals surface area contributed by atoms with Gasteiger partial charge in [-0.25, -0.2) is 5.48 Å². The second-order valence-electron chi connectivity index (χ2n) is 6.40. The van der Waals surface area contributed by atoms with Crippen molar-refractivity contribution in [1.29, 1.82) is 0 Å². The highest BCUT2D eigenvalue weighted by atomic mass is 79.9. The van der Waals surface area contributed by atoms with Crippen LogP contribution >= 0.6 is 27.5 Å². The third-order valence-electron chi connectivity index (χ3n) is 4.07. The Hall–Kier alpha value is -1.50. The number of nitrogens with one attached hydrogen (secondary N) is 1. The largest absolute Gasteiger partial charge is 0.508 e. The Bertz CT molecular complexity index is 730. The molecule has 5 nitrogen and oxygen atoms in total. The van der Waals surface area contributed by atoms with E-state index in [-0.39, 0.29) is 23.8 Å². The van der Waals surface area contributed by atoms with Gasteiger partial charge in [0.1, 0.15) is 5.75 Å². The molecule has 2 N–H and O–H groups in total. The number of carbonyl (C=O) groups excluding carboxylic acids is 1. The minimum absolute atomic E-state index is 0.130. The fraction of sp³-hybridized carbons (Fsp3) is 0.421. The summed E-state index contributed by atoms with van der Waals surface area (Å²) >= 11 is 10.1. The van der Waals surface area contributed by atoms with Crippen LogP contribution in [0.3, 0.4) is 0 Å². The van der Waals surface area contributed by atoms with E-state index in [1.54, 1.807) is 6.07 Å². The minimum atomic E-state index is -0.365. The fourth-order valence-corrected chi connectivity index (χ4v) is 3.89. The average molecular weight is 445 g/mol. The van der Waals surface area contributed by atoms with Crippen molar-refractivity contribution in [2.24, 2.45) is 0 Å². The number of ether oxygens (including phenoxy) is 1. The molecule has 0 saturated heterocycles. The summed E-state index contributed by atoms with van der Waals surface area (Å²) in [5.74, 6) is 0.827. The molecule has 1 aromatic carbocycles. The van der Waals surface area contributed by atoms with Gasteiger partial charge >= 0.3 is 0 Å². The maximum Gasteiger partial charge on any atom is 0.281 e. The second-order valence-corrected chi connectivity index (χ2v) is 7.78. The van der Waals surface area contributed by atoms with E-state index in [2.05, 4.69) is 26.2 Å². The molecule has 0 heterocycles. The maximum absolute atomic E-state index is 11.4. The van der Waals surface area contributed by atoms with Crippen molar-refractivity contribution in [3.8, 4) is 5.75 Å². The van der Waals surface area contributed by atoms with Crippen molar-refractivity contribution in [3.05, 3.63) is 51.2 Å². The molecule has 0 radical (unpaired) electrons. The van der Waals surface area contributed by atoms with Crippen LogP contribution in [0.15, 0.2) is 40.1 Å². The van der Waals surface area contributed by atoms with Gasteiger partial charge in [0.2, 0.25) is 0 Å². The van der Waals surface area contributed by atoms with Gasteiger partial charge < -0.3 is 9.84 Å². The Morgan fingerprint density at radius 2 is 2.19 bits per heavy atom. The van der Waals surface area contributed by atoms with E-state index >= 15 is 0 Å². The van der Waals surface area contributed by atoms with Crippen LogP contribution in [0.4, 0.5) is 0 Å². The molecule has 142 valence electrons. The number of phenols is 1. The van der Waals surface area contributed by atoms with Crippen LogP contribution in [-0.2, 0) is 20.8 Å². The third-order valence-corrected chi connectivity index (χ3v) is 5.22. The van der Waals surface area contributed by atoms with Crippen LogP contribution in [0.5, 0.6) is 5.75 Å². The molecule has 0 bridgehead atoms. The van der Waals surface area contributed by atoms with E-state index in [4.69, 9.17) is 16.3 Å². The normalized spacial score (nSPS) is 17.3. The number of aromatic hydroxyl groups is 1. The van der Waals surface area contributed by atoms with Crippen molar-refractivity contribution in [2.45, 2.75) is 38.0 Å². The Morgan fingerprint density at radius 1 is 1.46 bits per heavy atom. The molecule has 0 saturated carbocycles. The first-order valence-corrected chi connectivity index (χ1v) is 9.54. The number of benzene rings is 1. The predicted octanol–water partition coefficient (Wildman–Crippen LogP) is 4.30. The molecule has 0 aliphatic heterocycles. The zero-order chi connectivity index (χ0) is 19.3. The molecule has 2 rings (SSSR count). The monoisotopic (exact) mass is 443 g/mol. The van der Waals surface area contributed by atoms with Crippen LogP contribution < -0.4 is 5.48 Å². The first kappa shape index (κ1) is 20.8. The van der Waals surface area contributed by atoms with Gasteiger partial charge in [0.15, 0.2) is 6.61 Å². The summed E-state index contributed by atoms with van der Waals surface area (Å²) in [7, 11) is 1.37. The van der Waals surface area contributed by atoms with Crippen molar-refractivity contribution in [1.82, 2.24) is 5.48 Å². The van der Waals surface area contributed by atoms with E-state index in [1.165, 1.54) is 7.11 Å². The Labute approximate surface area is 167 Å². The smallest absolute Gasteiger partial charge is 0.281 e. The molecular weight excluding hydrogens is 422 g/mol. The van der Waals surface area contributed by atoms with Gasteiger partial charge in [-0.3, -0.25) is 9.63 Å². The van der Waals surface area contributed by atoms with E-state index in [9.17, 15) is 9.90 Å². The molecule has 1 unspecified atom stereocenters. The summed E-state index contributed by atoms with van der Waals surface area (Å²) in [5, 5.41) is 9.73. The van der Waals surface area contributed by atoms with Crippen LogP contribution in [0.2, 0.25) is 0 Å². The van der Waals surface area contributed by atoms with Gasteiger partial charge in [-0.1, -0.05) is 41.9 Å². The zero-order valence-corrected chi connectivity index (χ0v) is 17.4. The fourth-order valence-electron chi connectivity index (χ4n) is 2.74. The highest BCUT2D eigenvalue weighted by Crippen LogP contribution is 2.35. The zero-order valence-electron chi connectivity index (χ0n) is 15.0. The van der Waals surface area contributed by atoms with Gasteiger partial charge in [0.05, 0.1) is 18.2 Å². The summed E-state index contributed by atoms with van der Waals surface area (Å²) in [6.45, 7) is 3.96. The number of rotatable bonds is 7. The Balaban J connectivity index is 2.13. The van der Waals surface area contributed by atoms with Gasteiger partial charge in [-0.15, -0.1) is 11.6 Å². The maximum atomic E-state index is 11.4. The molecule has 1 aliphatic rings. The number of hydrogen-bond donors (Lipinski definition) is 2. The van der Waals surface area contributed by atoms with Crippen molar-refractivity contribution in [2.75, 3.05) is 13.7 Å².